The van der Waals surface area contributed by atoms with E-state index in [0.717, 1.165) is 31.4 Å². The second-order valence-corrected chi connectivity index (χ2v) is 8.03. The maximum Gasteiger partial charge on any atom is 0.239 e. The molecular formula is C14H23N3O3S. The van der Waals surface area contributed by atoms with E-state index in [-0.39, 0.29) is 11.7 Å². The van der Waals surface area contributed by atoms with E-state index >= 15 is 0 Å². The maximum atomic E-state index is 12.1. The van der Waals surface area contributed by atoms with Gasteiger partial charge in [-0.05, 0) is 32.6 Å². The van der Waals surface area contributed by atoms with Crippen LogP contribution in [-0.4, -0.2) is 35.6 Å². The SMILES string of the molecule is Cc1nn(C)c(C)c1NC(=O)CS(=O)(=O)CC1CCCC1. The second-order valence-electron chi connectivity index (χ2n) is 5.92. The molecule has 0 aromatic carbocycles. The molecule has 0 unspecified atom stereocenters. The number of amides is 1. The predicted molar refractivity (Wildman–Crippen MR) is 81.9 cm³/mol. The van der Waals surface area contributed by atoms with E-state index in [0.29, 0.717) is 11.4 Å². The van der Waals surface area contributed by atoms with Gasteiger partial charge in [-0.15, -0.1) is 0 Å². The van der Waals surface area contributed by atoms with Crippen molar-refractivity contribution in [2.75, 3.05) is 16.8 Å². The van der Waals surface area contributed by atoms with Crippen LogP contribution >= 0.6 is 0 Å². The zero-order valence-corrected chi connectivity index (χ0v) is 13.7. The highest BCUT2D eigenvalue weighted by Gasteiger charge is 2.25. The molecule has 0 radical (unpaired) electrons. The van der Waals surface area contributed by atoms with Crippen molar-refractivity contribution in [2.45, 2.75) is 39.5 Å². The number of rotatable bonds is 5. The number of hydrogen-bond acceptors (Lipinski definition) is 4. The van der Waals surface area contributed by atoms with Gasteiger partial charge in [-0.3, -0.25) is 9.48 Å². The number of aromatic nitrogens is 2. The van der Waals surface area contributed by atoms with Gasteiger partial charge in [0.25, 0.3) is 0 Å². The molecule has 0 aliphatic heterocycles. The number of sulfone groups is 1. The molecule has 1 amide bonds. The summed E-state index contributed by atoms with van der Waals surface area (Å²) in [5.41, 5.74) is 2.11. The largest absolute Gasteiger partial charge is 0.322 e. The number of aryl methyl sites for hydroxylation is 2. The average Bonchev–Trinajstić information content (AvgIpc) is 2.92. The van der Waals surface area contributed by atoms with Gasteiger partial charge in [0.15, 0.2) is 9.84 Å². The van der Waals surface area contributed by atoms with Gasteiger partial charge in [0.05, 0.1) is 22.8 Å². The third-order valence-corrected chi connectivity index (χ3v) is 5.77. The molecular weight excluding hydrogens is 290 g/mol. The summed E-state index contributed by atoms with van der Waals surface area (Å²) in [4.78, 5) is 12.0. The minimum Gasteiger partial charge on any atom is -0.322 e. The Balaban J connectivity index is 1.97. The summed E-state index contributed by atoms with van der Waals surface area (Å²) in [5, 5.41) is 6.87. The third-order valence-electron chi connectivity index (χ3n) is 4.09. The first-order valence-corrected chi connectivity index (χ1v) is 9.11. The van der Waals surface area contributed by atoms with E-state index in [1.54, 1.807) is 18.7 Å². The molecule has 1 aromatic heterocycles. The van der Waals surface area contributed by atoms with Crippen LogP contribution in [0, 0.1) is 19.8 Å². The van der Waals surface area contributed by atoms with Crippen molar-refractivity contribution in [3.05, 3.63) is 11.4 Å². The lowest BCUT2D eigenvalue weighted by molar-refractivity contribution is -0.113. The highest BCUT2D eigenvalue weighted by atomic mass is 32.2. The van der Waals surface area contributed by atoms with E-state index in [9.17, 15) is 13.2 Å². The first-order chi connectivity index (χ1) is 9.78. The first kappa shape index (κ1) is 16.0. The molecule has 1 saturated carbocycles. The lowest BCUT2D eigenvalue weighted by Crippen LogP contribution is -2.27. The van der Waals surface area contributed by atoms with Crippen LogP contribution in [0.25, 0.3) is 0 Å². The summed E-state index contributed by atoms with van der Waals surface area (Å²) < 4.78 is 25.8. The number of anilines is 1. The highest BCUT2D eigenvalue weighted by molar-refractivity contribution is 7.92. The average molecular weight is 313 g/mol. The molecule has 0 bridgehead atoms. The van der Waals surface area contributed by atoms with Gasteiger partial charge in [0, 0.05) is 7.05 Å². The van der Waals surface area contributed by atoms with Crippen molar-refractivity contribution in [3.63, 3.8) is 0 Å². The lowest BCUT2D eigenvalue weighted by atomic mass is 10.1. The van der Waals surface area contributed by atoms with Crippen molar-refractivity contribution < 1.29 is 13.2 Å². The first-order valence-electron chi connectivity index (χ1n) is 7.29. The highest BCUT2D eigenvalue weighted by Crippen LogP contribution is 2.26. The summed E-state index contributed by atoms with van der Waals surface area (Å²) in [6.45, 7) is 3.62. The van der Waals surface area contributed by atoms with Crippen LogP contribution in [0.15, 0.2) is 0 Å². The molecule has 1 aliphatic rings. The summed E-state index contributed by atoms with van der Waals surface area (Å²) in [6, 6.07) is 0. The minimum absolute atomic E-state index is 0.130. The van der Waals surface area contributed by atoms with Crippen molar-refractivity contribution in [2.24, 2.45) is 13.0 Å². The lowest BCUT2D eigenvalue weighted by Gasteiger charge is -2.10. The van der Waals surface area contributed by atoms with E-state index in [4.69, 9.17) is 0 Å². The molecule has 0 saturated heterocycles. The fourth-order valence-corrected chi connectivity index (χ4v) is 4.57. The zero-order chi connectivity index (χ0) is 15.6. The van der Waals surface area contributed by atoms with Gasteiger partial charge >= 0.3 is 0 Å². The monoisotopic (exact) mass is 313 g/mol. The van der Waals surface area contributed by atoms with Crippen LogP contribution < -0.4 is 5.32 Å². The van der Waals surface area contributed by atoms with Crippen LogP contribution in [0.2, 0.25) is 0 Å². The third kappa shape index (κ3) is 4.06. The molecule has 7 heteroatoms. The molecule has 1 N–H and O–H groups in total. The number of carbonyl (C=O) groups is 1. The summed E-state index contributed by atoms with van der Waals surface area (Å²) in [6.07, 6.45) is 4.12. The van der Waals surface area contributed by atoms with Crippen LogP contribution in [0.1, 0.15) is 37.1 Å². The molecule has 1 heterocycles. The summed E-state index contributed by atoms with van der Waals surface area (Å²) in [7, 11) is -1.56. The Hall–Kier alpha value is -1.37. The van der Waals surface area contributed by atoms with E-state index in [1.165, 1.54) is 0 Å². The zero-order valence-electron chi connectivity index (χ0n) is 12.8. The van der Waals surface area contributed by atoms with Gasteiger partial charge in [-0.25, -0.2) is 8.42 Å². The molecule has 0 atom stereocenters. The topological polar surface area (TPSA) is 81.1 Å². The van der Waals surface area contributed by atoms with Gasteiger partial charge in [0.2, 0.25) is 5.91 Å². The smallest absolute Gasteiger partial charge is 0.239 e. The quantitative estimate of drug-likeness (QED) is 0.895. The van der Waals surface area contributed by atoms with Crippen molar-refractivity contribution in [1.82, 2.24) is 9.78 Å². The Labute approximate surface area is 125 Å². The fourth-order valence-electron chi connectivity index (χ4n) is 2.92. The second kappa shape index (κ2) is 6.17. The number of carbonyl (C=O) groups excluding carboxylic acids is 1. The van der Waals surface area contributed by atoms with Crippen molar-refractivity contribution in [3.8, 4) is 0 Å². The molecule has 2 rings (SSSR count). The Morgan fingerprint density at radius 3 is 2.48 bits per heavy atom. The molecule has 21 heavy (non-hydrogen) atoms. The Kier molecular flexibility index (Phi) is 4.70. The molecule has 1 aromatic rings. The number of hydrogen-bond donors (Lipinski definition) is 1. The predicted octanol–water partition coefficient (Wildman–Crippen LogP) is 1.58. The van der Waals surface area contributed by atoms with E-state index < -0.39 is 21.5 Å². The van der Waals surface area contributed by atoms with Crippen LogP contribution in [0.3, 0.4) is 0 Å². The molecule has 1 fully saturated rings. The van der Waals surface area contributed by atoms with Crippen LogP contribution in [0.4, 0.5) is 5.69 Å². The van der Waals surface area contributed by atoms with Crippen molar-refractivity contribution in [1.29, 1.82) is 0 Å². The maximum absolute atomic E-state index is 12.1. The molecule has 118 valence electrons. The molecule has 0 spiro atoms. The normalized spacial score (nSPS) is 16.3. The number of nitrogens with zero attached hydrogens (tertiary/aromatic N) is 2. The Morgan fingerprint density at radius 2 is 1.95 bits per heavy atom. The minimum atomic E-state index is -3.34. The van der Waals surface area contributed by atoms with Gasteiger partial charge in [-0.1, -0.05) is 12.8 Å². The van der Waals surface area contributed by atoms with Crippen LogP contribution in [-0.2, 0) is 21.7 Å². The summed E-state index contributed by atoms with van der Waals surface area (Å²) in [5.74, 6) is -0.570. The molecule has 6 nitrogen and oxygen atoms in total. The van der Waals surface area contributed by atoms with Crippen molar-refractivity contribution >= 4 is 21.4 Å². The van der Waals surface area contributed by atoms with Gasteiger partial charge < -0.3 is 5.32 Å². The standard InChI is InChI=1S/C14H23N3O3S/c1-10-14(11(2)17(3)16-10)15-13(18)9-21(19,20)8-12-6-4-5-7-12/h12H,4-9H2,1-3H3,(H,15,18). The molecule has 1 aliphatic carbocycles. The number of nitrogens with one attached hydrogen (secondary N) is 1. The Bertz CT molecular complexity index is 628. The Morgan fingerprint density at radius 1 is 1.33 bits per heavy atom. The fraction of sp³-hybridized carbons (Fsp3) is 0.714. The van der Waals surface area contributed by atoms with Gasteiger partial charge in [0.1, 0.15) is 5.75 Å². The summed E-state index contributed by atoms with van der Waals surface area (Å²) >= 11 is 0. The van der Waals surface area contributed by atoms with E-state index in [2.05, 4.69) is 10.4 Å². The van der Waals surface area contributed by atoms with Gasteiger partial charge in [-0.2, -0.15) is 5.10 Å². The van der Waals surface area contributed by atoms with E-state index in [1.807, 2.05) is 6.92 Å². The van der Waals surface area contributed by atoms with Crippen LogP contribution in [0.5, 0.6) is 0 Å².